The smallest absolute Gasteiger partial charge is 0.289 e. The fourth-order valence-electron chi connectivity index (χ4n) is 1.26. The van der Waals surface area contributed by atoms with E-state index in [1.807, 2.05) is 0 Å². The first-order valence-electron chi connectivity index (χ1n) is 4.61. The number of hydrogen-bond acceptors (Lipinski definition) is 2. The van der Waals surface area contributed by atoms with Gasteiger partial charge >= 0.3 is 0 Å². The van der Waals surface area contributed by atoms with Crippen LogP contribution in [0.1, 0.15) is 12.5 Å². The highest BCUT2D eigenvalue weighted by Crippen LogP contribution is 2.11. The third-order valence-electron chi connectivity index (χ3n) is 2.06. The van der Waals surface area contributed by atoms with Crippen molar-refractivity contribution in [3.8, 4) is 0 Å². The molecular formula is C11H11F2NO2. The van der Waals surface area contributed by atoms with Crippen LogP contribution in [-0.4, -0.2) is 23.6 Å². The van der Waals surface area contributed by atoms with Gasteiger partial charge in [0.1, 0.15) is 11.6 Å². The van der Waals surface area contributed by atoms with Crippen molar-refractivity contribution < 1.29 is 18.4 Å². The molecule has 0 saturated heterocycles. The standard InChI is InChI=1S/C11H11F2NO2/c1-7(15)11(16)14(2)6-8-5-9(12)3-4-10(8)13/h3-5H,6H2,1-2H3. The van der Waals surface area contributed by atoms with Gasteiger partial charge in [0.15, 0.2) is 0 Å². The summed E-state index contributed by atoms with van der Waals surface area (Å²) in [4.78, 5) is 23.0. The molecule has 0 aliphatic rings. The largest absolute Gasteiger partial charge is 0.335 e. The average Bonchev–Trinajstić information content (AvgIpc) is 2.22. The molecule has 5 heteroatoms. The first-order valence-corrected chi connectivity index (χ1v) is 4.61. The lowest BCUT2D eigenvalue weighted by Gasteiger charge is -2.15. The van der Waals surface area contributed by atoms with Gasteiger partial charge in [-0.25, -0.2) is 8.78 Å². The van der Waals surface area contributed by atoms with Crippen LogP contribution in [0.15, 0.2) is 18.2 Å². The number of nitrogens with zero attached hydrogens (tertiary/aromatic N) is 1. The molecular weight excluding hydrogens is 216 g/mol. The fourth-order valence-corrected chi connectivity index (χ4v) is 1.26. The molecule has 1 aromatic carbocycles. The molecule has 0 bridgehead atoms. The third-order valence-corrected chi connectivity index (χ3v) is 2.06. The molecule has 0 N–H and O–H groups in total. The number of ketones is 1. The minimum absolute atomic E-state index is 0.0390. The van der Waals surface area contributed by atoms with Gasteiger partial charge in [0.05, 0.1) is 0 Å². The van der Waals surface area contributed by atoms with Gasteiger partial charge in [-0.1, -0.05) is 0 Å². The maximum Gasteiger partial charge on any atom is 0.289 e. The number of carbonyl (C=O) groups excluding carboxylic acids is 2. The summed E-state index contributed by atoms with van der Waals surface area (Å²) >= 11 is 0. The molecule has 1 rings (SSSR count). The Morgan fingerprint density at radius 2 is 1.94 bits per heavy atom. The second-order valence-electron chi connectivity index (χ2n) is 3.45. The highest BCUT2D eigenvalue weighted by molar-refractivity contribution is 6.34. The van der Waals surface area contributed by atoms with Crippen molar-refractivity contribution in [1.82, 2.24) is 4.90 Å². The Labute approximate surface area is 91.7 Å². The van der Waals surface area contributed by atoms with Gasteiger partial charge in [-0.3, -0.25) is 9.59 Å². The Kier molecular flexibility index (Phi) is 3.71. The monoisotopic (exact) mass is 227 g/mol. The summed E-state index contributed by atoms with van der Waals surface area (Å²) in [6.07, 6.45) is 0. The number of likely N-dealkylation sites (N-methyl/N-ethyl adjacent to an activating group) is 1. The molecule has 1 amide bonds. The summed E-state index contributed by atoms with van der Waals surface area (Å²) < 4.78 is 26.0. The zero-order chi connectivity index (χ0) is 12.3. The predicted octanol–water partition coefficient (Wildman–Crippen LogP) is 1.51. The van der Waals surface area contributed by atoms with E-state index in [4.69, 9.17) is 0 Å². The molecule has 3 nitrogen and oxygen atoms in total. The van der Waals surface area contributed by atoms with Gasteiger partial charge in [0.25, 0.3) is 5.91 Å². The molecule has 0 spiro atoms. The minimum Gasteiger partial charge on any atom is -0.335 e. The van der Waals surface area contributed by atoms with E-state index in [2.05, 4.69) is 0 Å². The lowest BCUT2D eigenvalue weighted by Crippen LogP contribution is -2.31. The van der Waals surface area contributed by atoms with Crippen LogP contribution < -0.4 is 0 Å². The van der Waals surface area contributed by atoms with Gasteiger partial charge in [0, 0.05) is 26.1 Å². The van der Waals surface area contributed by atoms with Crippen LogP contribution in [0.3, 0.4) is 0 Å². The van der Waals surface area contributed by atoms with E-state index in [-0.39, 0.29) is 12.1 Å². The van der Waals surface area contributed by atoms with Crippen LogP contribution in [0.2, 0.25) is 0 Å². The predicted molar refractivity (Wildman–Crippen MR) is 53.5 cm³/mol. The van der Waals surface area contributed by atoms with Crippen LogP contribution in [0, 0.1) is 11.6 Å². The Balaban J connectivity index is 2.84. The molecule has 1 aromatic rings. The van der Waals surface area contributed by atoms with E-state index in [9.17, 15) is 18.4 Å². The van der Waals surface area contributed by atoms with Crippen LogP contribution in [0.25, 0.3) is 0 Å². The number of halogens is 2. The molecule has 0 unspecified atom stereocenters. The van der Waals surface area contributed by atoms with Crippen molar-refractivity contribution in [1.29, 1.82) is 0 Å². The second-order valence-corrected chi connectivity index (χ2v) is 3.45. The molecule has 0 radical (unpaired) electrons. The highest BCUT2D eigenvalue weighted by atomic mass is 19.1. The molecule has 0 aliphatic carbocycles. The summed E-state index contributed by atoms with van der Waals surface area (Å²) in [5.74, 6) is -2.56. The van der Waals surface area contributed by atoms with Crippen LogP contribution in [0.5, 0.6) is 0 Å². The maximum atomic E-state index is 13.2. The summed E-state index contributed by atoms with van der Waals surface area (Å²) in [6, 6.07) is 2.97. The molecule has 0 aliphatic heterocycles. The van der Waals surface area contributed by atoms with Gasteiger partial charge < -0.3 is 4.90 Å². The number of rotatable bonds is 3. The van der Waals surface area contributed by atoms with Crippen molar-refractivity contribution >= 4 is 11.7 Å². The van der Waals surface area contributed by atoms with Crippen molar-refractivity contribution in [2.45, 2.75) is 13.5 Å². The topological polar surface area (TPSA) is 37.4 Å². The quantitative estimate of drug-likeness (QED) is 0.734. The van der Waals surface area contributed by atoms with Crippen molar-refractivity contribution in [3.05, 3.63) is 35.4 Å². The first-order chi connectivity index (χ1) is 7.41. The lowest BCUT2D eigenvalue weighted by atomic mass is 10.2. The zero-order valence-electron chi connectivity index (χ0n) is 8.96. The zero-order valence-corrected chi connectivity index (χ0v) is 8.96. The summed E-state index contributed by atoms with van der Waals surface area (Å²) in [7, 11) is 1.36. The molecule has 0 aromatic heterocycles. The Hall–Kier alpha value is -1.78. The van der Waals surface area contributed by atoms with Gasteiger partial charge in [-0.2, -0.15) is 0 Å². The van der Waals surface area contributed by atoms with Gasteiger partial charge in [-0.15, -0.1) is 0 Å². The summed E-state index contributed by atoms with van der Waals surface area (Å²) in [5.41, 5.74) is 0.0390. The number of amides is 1. The molecule has 0 saturated carbocycles. The molecule has 0 atom stereocenters. The van der Waals surface area contributed by atoms with Gasteiger partial charge in [-0.05, 0) is 18.2 Å². The minimum atomic E-state index is -0.733. The molecule has 16 heavy (non-hydrogen) atoms. The van der Waals surface area contributed by atoms with Crippen molar-refractivity contribution in [3.63, 3.8) is 0 Å². The van der Waals surface area contributed by atoms with Crippen LogP contribution in [-0.2, 0) is 16.1 Å². The third kappa shape index (κ3) is 2.85. The average molecular weight is 227 g/mol. The Morgan fingerprint density at radius 1 is 1.31 bits per heavy atom. The Bertz CT molecular complexity index is 432. The van der Waals surface area contributed by atoms with E-state index in [1.54, 1.807) is 0 Å². The highest BCUT2D eigenvalue weighted by Gasteiger charge is 2.15. The number of Topliss-reactive ketones (excluding diaryl/α,β-unsaturated/α-hetero) is 1. The van der Waals surface area contributed by atoms with Crippen LogP contribution >= 0.6 is 0 Å². The van der Waals surface area contributed by atoms with E-state index in [0.717, 1.165) is 30.0 Å². The molecule has 0 fully saturated rings. The number of benzene rings is 1. The van der Waals surface area contributed by atoms with Crippen LogP contribution in [0.4, 0.5) is 8.78 Å². The molecule has 0 heterocycles. The number of hydrogen-bond donors (Lipinski definition) is 0. The van der Waals surface area contributed by atoms with E-state index < -0.39 is 23.3 Å². The molecule has 86 valence electrons. The second kappa shape index (κ2) is 4.83. The van der Waals surface area contributed by atoms with Crippen molar-refractivity contribution in [2.24, 2.45) is 0 Å². The van der Waals surface area contributed by atoms with E-state index in [0.29, 0.717) is 0 Å². The maximum absolute atomic E-state index is 13.2. The van der Waals surface area contributed by atoms with Gasteiger partial charge in [0.2, 0.25) is 5.78 Å². The number of carbonyl (C=O) groups is 2. The van der Waals surface area contributed by atoms with Crippen molar-refractivity contribution in [2.75, 3.05) is 7.05 Å². The summed E-state index contributed by atoms with van der Waals surface area (Å²) in [6.45, 7) is 0.989. The normalized spacial score (nSPS) is 10.0. The SMILES string of the molecule is CC(=O)C(=O)N(C)Cc1cc(F)ccc1F. The fraction of sp³-hybridized carbons (Fsp3) is 0.273. The first kappa shape index (κ1) is 12.3. The Morgan fingerprint density at radius 3 is 2.50 bits per heavy atom. The van der Waals surface area contributed by atoms with E-state index in [1.165, 1.54) is 7.05 Å². The lowest BCUT2D eigenvalue weighted by molar-refractivity contribution is -0.143. The summed E-state index contributed by atoms with van der Waals surface area (Å²) in [5, 5.41) is 0. The van der Waals surface area contributed by atoms with E-state index >= 15 is 0 Å².